The summed E-state index contributed by atoms with van der Waals surface area (Å²) >= 11 is 0. The predicted molar refractivity (Wildman–Crippen MR) is 82.7 cm³/mol. The van der Waals surface area contributed by atoms with Crippen LogP contribution < -0.4 is 11.1 Å². The van der Waals surface area contributed by atoms with E-state index >= 15 is 0 Å². The Morgan fingerprint density at radius 1 is 1.33 bits per heavy atom. The molecule has 0 spiro atoms. The third kappa shape index (κ3) is 3.11. The van der Waals surface area contributed by atoms with Gasteiger partial charge in [-0.2, -0.15) is 5.10 Å². The lowest BCUT2D eigenvalue weighted by Crippen LogP contribution is -2.50. The zero-order valence-corrected chi connectivity index (χ0v) is 12.6. The Bertz CT molecular complexity index is 630. The molecule has 0 atom stereocenters. The average molecular weight is 287 g/mol. The predicted octanol–water partition coefficient (Wildman–Crippen LogP) is 2.24. The van der Waals surface area contributed by atoms with Crippen LogP contribution in [0.3, 0.4) is 0 Å². The number of carbonyl (C=O) groups is 1. The normalized spacial score (nSPS) is 11.4. The highest BCUT2D eigenvalue weighted by Gasteiger charge is 2.30. The molecule has 2 rings (SSSR count). The first-order valence-electron chi connectivity index (χ1n) is 7.09. The van der Waals surface area contributed by atoms with E-state index < -0.39 is 5.54 Å². The number of nitrogens with two attached hydrogens (primary N) is 1. The van der Waals surface area contributed by atoms with Crippen LogP contribution in [0.25, 0.3) is 11.4 Å². The van der Waals surface area contributed by atoms with E-state index in [0.29, 0.717) is 24.4 Å². The van der Waals surface area contributed by atoms with Crippen molar-refractivity contribution in [2.24, 2.45) is 5.73 Å². The fraction of sp³-hybridized carbons (Fsp3) is 0.400. The van der Waals surface area contributed by atoms with E-state index in [0.717, 1.165) is 11.4 Å². The van der Waals surface area contributed by atoms with E-state index in [1.54, 1.807) is 0 Å². The molecule has 6 nitrogen and oxygen atoms in total. The molecule has 0 aliphatic rings. The van der Waals surface area contributed by atoms with Gasteiger partial charge in [0.05, 0.1) is 11.2 Å². The summed E-state index contributed by atoms with van der Waals surface area (Å²) in [5.74, 6) is 1.09. The molecule has 0 saturated heterocycles. The summed E-state index contributed by atoms with van der Waals surface area (Å²) in [4.78, 5) is 16.7. The van der Waals surface area contributed by atoms with E-state index in [2.05, 4.69) is 20.5 Å². The monoisotopic (exact) mass is 287 g/mol. The second-order valence-electron chi connectivity index (χ2n) is 5.11. The van der Waals surface area contributed by atoms with Crippen LogP contribution in [0.15, 0.2) is 24.3 Å². The van der Waals surface area contributed by atoms with Crippen LogP contribution in [0.1, 0.15) is 32.5 Å². The third-order valence-corrected chi connectivity index (χ3v) is 3.73. The van der Waals surface area contributed by atoms with Gasteiger partial charge in [0.2, 0.25) is 5.91 Å². The van der Waals surface area contributed by atoms with Crippen molar-refractivity contribution in [2.75, 3.05) is 5.32 Å². The van der Waals surface area contributed by atoms with Crippen molar-refractivity contribution in [2.45, 2.75) is 39.2 Å². The lowest BCUT2D eigenvalue weighted by atomic mass is 9.93. The summed E-state index contributed by atoms with van der Waals surface area (Å²) in [6.07, 6.45) is 1.16. The summed E-state index contributed by atoms with van der Waals surface area (Å²) in [5.41, 5.74) is 6.71. The number of hydrogen-bond donors (Lipinski definition) is 3. The van der Waals surface area contributed by atoms with Gasteiger partial charge in [0.1, 0.15) is 5.82 Å². The quantitative estimate of drug-likeness (QED) is 0.785. The molecule has 0 saturated carbocycles. The van der Waals surface area contributed by atoms with Gasteiger partial charge in [0.25, 0.3) is 0 Å². The third-order valence-electron chi connectivity index (χ3n) is 3.73. The standard InChI is InChI=1S/C15H21N5O/c1-4-15(16,5-2)14(21)18-12-9-7-6-8-11(12)13-17-10(3)19-20-13/h6-9H,4-5,16H2,1-3H3,(H,18,21)(H,17,19,20). The van der Waals surface area contributed by atoms with Gasteiger partial charge in [-0.1, -0.05) is 26.0 Å². The summed E-state index contributed by atoms with van der Waals surface area (Å²) in [6.45, 7) is 5.65. The molecule has 2 aromatic rings. The molecule has 0 unspecified atom stereocenters. The number of aromatic nitrogens is 3. The van der Waals surface area contributed by atoms with Gasteiger partial charge >= 0.3 is 0 Å². The number of benzene rings is 1. The Morgan fingerprint density at radius 2 is 2.00 bits per heavy atom. The molecule has 0 fully saturated rings. The summed E-state index contributed by atoms with van der Waals surface area (Å²) in [7, 11) is 0. The molecule has 6 heteroatoms. The van der Waals surface area contributed by atoms with Crippen LogP contribution in [0, 0.1) is 6.92 Å². The summed E-state index contributed by atoms with van der Waals surface area (Å²) < 4.78 is 0. The number of carbonyl (C=O) groups excluding carboxylic acids is 1. The smallest absolute Gasteiger partial charge is 0.244 e. The number of nitrogens with zero attached hydrogens (tertiary/aromatic N) is 2. The van der Waals surface area contributed by atoms with E-state index in [4.69, 9.17) is 5.73 Å². The van der Waals surface area contributed by atoms with Crippen molar-refractivity contribution in [1.29, 1.82) is 0 Å². The number of rotatable bonds is 5. The lowest BCUT2D eigenvalue weighted by molar-refractivity contribution is -0.121. The minimum absolute atomic E-state index is 0.188. The van der Waals surface area contributed by atoms with Gasteiger partial charge in [0.15, 0.2) is 5.82 Å². The molecule has 1 aromatic carbocycles. The van der Waals surface area contributed by atoms with Crippen LogP contribution in [0.5, 0.6) is 0 Å². The number of aryl methyl sites for hydroxylation is 1. The molecule has 0 aliphatic heterocycles. The first kappa shape index (κ1) is 15.2. The van der Waals surface area contributed by atoms with E-state index in [-0.39, 0.29) is 5.91 Å². The molecular formula is C15H21N5O. The number of anilines is 1. The minimum atomic E-state index is -0.859. The van der Waals surface area contributed by atoms with Gasteiger partial charge in [-0.05, 0) is 31.9 Å². The van der Waals surface area contributed by atoms with Gasteiger partial charge in [-0.15, -0.1) is 0 Å². The van der Waals surface area contributed by atoms with Crippen molar-refractivity contribution in [3.8, 4) is 11.4 Å². The Labute approximate surface area is 124 Å². The maximum Gasteiger partial charge on any atom is 0.244 e. The Balaban J connectivity index is 2.31. The average Bonchev–Trinajstić information content (AvgIpc) is 2.93. The van der Waals surface area contributed by atoms with Crippen molar-refractivity contribution < 1.29 is 4.79 Å². The molecule has 112 valence electrons. The van der Waals surface area contributed by atoms with Gasteiger partial charge in [-0.3, -0.25) is 9.89 Å². The van der Waals surface area contributed by atoms with Crippen LogP contribution in [0.2, 0.25) is 0 Å². The maximum absolute atomic E-state index is 12.4. The van der Waals surface area contributed by atoms with Gasteiger partial charge in [-0.25, -0.2) is 4.98 Å². The van der Waals surface area contributed by atoms with Crippen LogP contribution in [-0.2, 0) is 4.79 Å². The van der Waals surface area contributed by atoms with Gasteiger partial charge < -0.3 is 11.1 Å². The molecule has 0 aliphatic carbocycles. The Hall–Kier alpha value is -2.21. The molecule has 1 heterocycles. The van der Waals surface area contributed by atoms with Crippen molar-refractivity contribution in [1.82, 2.24) is 15.2 Å². The Kier molecular flexibility index (Phi) is 4.37. The lowest BCUT2D eigenvalue weighted by Gasteiger charge is -2.25. The fourth-order valence-corrected chi connectivity index (χ4v) is 2.07. The van der Waals surface area contributed by atoms with E-state index in [9.17, 15) is 4.79 Å². The first-order chi connectivity index (χ1) is 10.00. The molecule has 1 aromatic heterocycles. The highest BCUT2D eigenvalue weighted by Crippen LogP contribution is 2.26. The first-order valence-corrected chi connectivity index (χ1v) is 7.09. The number of amides is 1. The molecule has 0 bridgehead atoms. The zero-order valence-electron chi connectivity index (χ0n) is 12.6. The number of para-hydroxylation sites is 1. The second kappa shape index (κ2) is 6.05. The maximum atomic E-state index is 12.4. The van der Waals surface area contributed by atoms with E-state index in [1.807, 2.05) is 45.0 Å². The van der Waals surface area contributed by atoms with Crippen molar-refractivity contribution >= 4 is 11.6 Å². The second-order valence-corrected chi connectivity index (χ2v) is 5.11. The van der Waals surface area contributed by atoms with Crippen molar-refractivity contribution in [3.05, 3.63) is 30.1 Å². The molecule has 0 radical (unpaired) electrons. The largest absolute Gasteiger partial charge is 0.324 e. The molecule has 21 heavy (non-hydrogen) atoms. The number of hydrogen-bond acceptors (Lipinski definition) is 4. The fourth-order valence-electron chi connectivity index (χ4n) is 2.07. The summed E-state index contributed by atoms with van der Waals surface area (Å²) in [5, 5.41) is 9.84. The Morgan fingerprint density at radius 3 is 2.57 bits per heavy atom. The molecule has 1 amide bonds. The zero-order chi connectivity index (χ0) is 15.5. The van der Waals surface area contributed by atoms with Crippen LogP contribution in [-0.4, -0.2) is 26.6 Å². The molecular weight excluding hydrogens is 266 g/mol. The SMILES string of the molecule is CCC(N)(CC)C(=O)Nc1ccccc1-c1n[nH]c(C)n1. The van der Waals surface area contributed by atoms with E-state index in [1.165, 1.54) is 0 Å². The molecule has 4 N–H and O–H groups in total. The van der Waals surface area contributed by atoms with Crippen molar-refractivity contribution in [3.63, 3.8) is 0 Å². The van der Waals surface area contributed by atoms with Crippen LogP contribution in [0.4, 0.5) is 5.69 Å². The number of nitrogens with one attached hydrogen (secondary N) is 2. The summed E-state index contributed by atoms with van der Waals surface area (Å²) in [6, 6.07) is 7.43. The number of H-pyrrole nitrogens is 1. The highest BCUT2D eigenvalue weighted by molar-refractivity contribution is 6.00. The number of aromatic amines is 1. The minimum Gasteiger partial charge on any atom is -0.324 e. The topological polar surface area (TPSA) is 96.7 Å². The highest BCUT2D eigenvalue weighted by atomic mass is 16.2. The van der Waals surface area contributed by atoms with Crippen LogP contribution >= 0.6 is 0 Å². The van der Waals surface area contributed by atoms with Gasteiger partial charge in [0, 0.05) is 5.56 Å².